The summed E-state index contributed by atoms with van der Waals surface area (Å²) in [6, 6.07) is 3.51. The lowest BCUT2D eigenvalue weighted by Gasteiger charge is -2.29. The summed E-state index contributed by atoms with van der Waals surface area (Å²) < 4.78 is 0. The third-order valence-corrected chi connectivity index (χ3v) is 4.64. The number of hydrogen-bond acceptors (Lipinski definition) is 4. The van der Waals surface area contributed by atoms with E-state index in [-0.39, 0.29) is 24.2 Å². The van der Waals surface area contributed by atoms with E-state index in [4.69, 9.17) is 0 Å². The maximum Gasteiger partial charge on any atom is 0.274 e. The molecule has 0 aliphatic heterocycles. The lowest BCUT2D eigenvalue weighted by atomic mass is 9.86. The first-order valence-corrected chi connectivity index (χ1v) is 8.17. The van der Waals surface area contributed by atoms with Gasteiger partial charge in [0.05, 0.1) is 11.5 Å². The predicted molar refractivity (Wildman–Crippen MR) is 90.6 cm³/mol. The molecule has 0 saturated heterocycles. The summed E-state index contributed by atoms with van der Waals surface area (Å²) in [7, 11) is 0. The highest BCUT2D eigenvalue weighted by molar-refractivity contribution is 5.81. The number of rotatable bonds is 5. The van der Waals surface area contributed by atoms with Gasteiger partial charge in [0.1, 0.15) is 0 Å². The highest BCUT2D eigenvalue weighted by atomic mass is 16.6. The Morgan fingerprint density at radius 3 is 2.61 bits per heavy atom. The molecule has 1 fully saturated rings. The second-order valence-corrected chi connectivity index (χ2v) is 6.50. The van der Waals surface area contributed by atoms with Crippen LogP contribution in [0.5, 0.6) is 0 Å². The molecule has 2 atom stereocenters. The molecule has 1 saturated carbocycles. The van der Waals surface area contributed by atoms with E-state index in [2.05, 4.69) is 17.6 Å². The summed E-state index contributed by atoms with van der Waals surface area (Å²) in [5, 5.41) is 17.1. The average molecular weight is 319 g/mol. The van der Waals surface area contributed by atoms with E-state index in [1.807, 2.05) is 6.92 Å². The molecule has 2 rings (SSSR count). The van der Waals surface area contributed by atoms with Crippen molar-refractivity contribution in [1.29, 1.82) is 0 Å². The van der Waals surface area contributed by atoms with Crippen molar-refractivity contribution >= 4 is 17.3 Å². The number of anilines is 1. The third-order valence-electron chi connectivity index (χ3n) is 4.64. The highest BCUT2D eigenvalue weighted by Gasteiger charge is 2.22. The summed E-state index contributed by atoms with van der Waals surface area (Å²) in [6.45, 7) is 5.89. The number of hydrogen-bond donors (Lipinski definition) is 2. The number of carbonyl (C=O) groups is 1. The molecule has 1 amide bonds. The number of nitro benzene ring substituents is 1. The summed E-state index contributed by atoms with van der Waals surface area (Å²) in [5.74, 6) is 0.446. The summed E-state index contributed by atoms with van der Waals surface area (Å²) >= 11 is 0. The quantitative estimate of drug-likeness (QED) is 0.644. The van der Waals surface area contributed by atoms with Crippen LogP contribution in [0.25, 0.3) is 0 Å². The second-order valence-electron chi connectivity index (χ2n) is 6.50. The lowest BCUT2D eigenvalue weighted by molar-refractivity contribution is -0.385. The molecule has 0 radical (unpaired) electrons. The van der Waals surface area contributed by atoms with Gasteiger partial charge in [-0.25, -0.2) is 0 Å². The lowest BCUT2D eigenvalue weighted by Crippen LogP contribution is -2.43. The molecule has 126 valence electrons. The van der Waals surface area contributed by atoms with Crippen molar-refractivity contribution in [3.63, 3.8) is 0 Å². The van der Waals surface area contributed by atoms with E-state index in [1.54, 1.807) is 13.0 Å². The van der Waals surface area contributed by atoms with Crippen LogP contribution in [0.15, 0.2) is 12.1 Å². The fraction of sp³-hybridized carbons (Fsp3) is 0.588. The van der Waals surface area contributed by atoms with Crippen molar-refractivity contribution < 1.29 is 9.72 Å². The Balaban J connectivity index is 1.96. The minimum atomic E-state index is -0.399. The van der Waals surface area contributed by atoms with Gasteiger partial charge >= 0.3 is 0 Å². The van der Waals surface area contributed by atoms with Crippen LogP contribution in [0.2, 0.25) is 0 Å². The van der Waals surface area contributed by atoms with Gasteiger partial charge < -0.3 is 10.6 Å². The fourth-order valence-corrected chi connectivity index (χ4v) is 3.19. The number of nitro groups is 1. The Hall–Kier alpha value is -2.11. The Labute approximate surface area is 136 Å². The normalized spacial score (nSPS) is 20.8. The molecule has 2 N–H and O–H groups in total. The summed E-state index contributed by atoms with van der Waals surface area (Å²) in [5.41, 5.74) is 2.22. The van der Waals surface area contributed by atoms with Gasteiger partial charge in [-0.2, -0.15) is 0 Å². The molecule has 6 nitrogen and oxygen atoms in total. The third kappa shape index (κ3) is 4.43. The van der Waals surface area contributed by atoms with E-state index in [0.717, 1.165) is 24.8 Å². The Morgan fingerprint density at radius 2 is 1.96 bits per heavy atom. The van der Waals surface area contributed by atoms with E-state index < -0.39 is 4.92 Å². The van der Waals surface area contributed by atoms with E-state index in [9.17, 15) is 14.9 Å². The van der Waals surface area contributed by atoms with Crippen molar-refractivity contribution in [2.45, 2.75) is 52.5 Å². The van der Waals surface area contributed by atoms with Crippen molar-refractivity contribution in [2.75, 3.05) is 11.9 Å². The van der Waals surface area contributed by atoms with Gasteiger partial charge in [0.2, 0.25) is 5.91 Å². The molecule has 2 unspecified atom stereocenters. The molecule has 1 aromatic rings. The smallest absolute Gasteiger partial charge is 0.274 e. The topological polar surface area (TPSA) is 84.3 Å². The molecule has 0 spiro atoms. The minimum Gasteiger partial charge on any atom is -0.376 e. The van der Waals surface area contributed by atoms with Crippen LogP contribution in [0.4, 0.5) is 11.4 Å². The van der Waals surface area contributed by atoms with Crippen LogP contribution < -0.4 is 10.6 Å². The summed E-state index contributed by atoms with van der Waals surface area (Å²) in [4.78, 5) is 22.7. The molecule has 1 aliphatic rings. The first kappa shape index (κ1) is 17.2. The molecular weight excluding hydrogens is 294 g/mol. The zero-order chi connectivity index (χ0) is 17.0. The number of aryl methyl sites for hydroxylation is 2. The number of nitrogens with one attached hydrogen (secondary N) is 2. The maximum absolute atomic E-state index is 12.1. The fourth-order valence-electron chi connectivity index (χ4n) is 3.19. The Kier molecular flexibility index (Phi) is 5.58. The zero-order valence-electron chi connectivity index (χ0n) is 14.0. The molecule has 6 heteroatoms. The number of carbonyl (C=O) groups excluding carboxylic acids is 1. The van der Waals surface area contributed by atoms with Crippen molar-refractivity contribution in [3.05, 3.63) is 33.4 Å². The van der Waals surface area contributed by atoms with Crippen LogP contribution in [0, 0.1) is 29.9 Å². The summed E-state index contributed by atoms with van der Waals surface area (Å²) in [6.07, 6.45) is 4.58. The van der Waals surface area contributed by atoms with E-state index >= 15 is 0 Å². The van der Waals surface area contributed by atoms with Crippen LogP contribution in [-0.2, 0) is 4.79 Å². The molecule has 1 aliphatic carbocycles. The van der Waals surface area contributed by atoms with Gasteiger partial charge in [-0.1, -0.05) is 19.8 Å². The van der Waals surface area contributed by atoms with Gasteiger partial charge in [-0.3, -0.25) is 14.9 Å². The SMILES string of the molecule is Cc1cc(C)c([N+](=O)[O-])cc1NCC(=O)NC1CCCCC1C. The van der Waals surface area contributed by atoms with Gasteiger partial charge in [0, 0.05) is 23.4 Å². The van der Waals surface area contributed by atoms with Crippen molar-refractivity contribution in [1.82, 2.24) is 5.32 Å². The van der Waals surface area contributed by atoms with Gasteiger partial charge in [0.25, 0.3) is 5.69 Å². The van der Waals surface area contributed by atoms with Gasteiger partial charge in [0.15, 0.2) is 0 Å². The van der Waals surface area contributed by atoms with Crippen LogP contribution >= 0.6 is 0 Å². The minimum absolute atomic E-state index is 0.0635. The average Bonchev–Trinajstić information content (AvgIpc) is 2.48. The largest absolute Gasteiger partial charge is 0.376 e. The molecule has 0 heterocycles. The molecule has 23 heavy (non-hydrogen) atoms. The number of benzene rings is 1. The number of nitrogens with zero attached hydrogens (tertiary/aromatic N) is 1. The number of amides is 1. The Bertz CT molecular complexity index is 601. The predicted octanol–water partition coefficient (Wildman–Crippen LogP) is 3.32. The first-order chi connectivity index (χ1) is 10.9. The van der Waals surface area contributed by atoms with Crippen LogP contribution in [0.1, 0.15) is 43.7 Å². The molecule has 0 bridgehead atoms. The van der Waals surface area contributed by atoms with Crippen molar-refractivity contribution in [2.24, 2.45) is 5.92 Å². The first-order valence-electron chi connectivity index (χ1n) is 8.17. The molecule has 0 aromatic heterocycles. The van der Waals surface area contributed by atoms with E-state index in [0.29, 0.717) is 17.2 Å². The van der Waals surface area contributed by atoms with E-state index in [1.165, 1.54) is 12.5 Å². The monoisotopic (exact) mass is 319 g/mol. The molecule has 1 aromatic carbocycles. The van der Waals surface area contributed by atoms with Gasteiger partial charge in [-0.15, -0.1) is 0 Å². The zero-order valence-corrected chi connectivity index (χ0v) is 14.0. The standard InChI is InChI=1S/C17H25N3O3/c1-11-6-4-5-7-14(11)19-17(21)10-18-15-9-16(20(22)23)13(3)8-12(15)2/h8-9,11,14,18H,4-7,10H2,1-3H3,(H,19,21). The van der Waals surface area contributed by atoms with Crippen molar-refractivity contribution in [3.8, 4) is 0 Å². The second kappa shape index (κ2) is 7.44. The maximum atomic E-state index is 12.1. The Morgan fingerprint density at radius 1 is 1.26 bits per heavy atom. The van der Waals surface area contributed by atoms with Crippen LogP contribution in [-0.4, -0.2) is 23.4 Å². The molecular formula is C17H25N3O3. The highest BCUT2D eigenvalue weighted by Crippen LogP contribution is 2.26. The van der Waals surface area contributed by atoms with Crippen LogP contribution in [0.3, 0.4) is 0 Å². The van der Waals surface area contributed by atoms with Gasteiger partial charge in [-0.05, 0) is 44.2 Å².